The van der Waals surface area contributed by atoms with Crippen molar-refractivity contribution in [3.05, 3.63) is 41.7 Å². The first-order valence-corrected chi connectivity index (χ1v) is 10.7. The summed E-state index contributed by atoms with van der Waals surface area (Å²) in [6.45, 7) is 9.12. The van der Waals surface area contributed by atoms with Gasteiger partial charge in [-0.25, -0.2) is 14.8 Å². The van der Waals surface area contributed by atoms with Crippen LogP contribution < -0.4 is 5.73 Å². The van der Waals surface area contributed by atoms with Crippen LogP contribution in [0.25, 0.3) is 11.4 Å². The molecular weight excluding hydrogens is 378 g/mol. The van der Waals surface area contributed by atoms with Crippen LogP contribution in [0, 0.1) is 0 Å². The molecule has 0 aliphatic carbocycles. The van der Waals surface area contributed by atoms with Crippen LogP contribution in [-0.2, 0) is 17.7 Å². The summed E-state index contributed by atoms with van der Waals surface area (Å²) in [6.07, 6.45) is 4.69. The lowest BCUT2D eigenvalue weighted by atomic mass is 10.1. The maximum absolute atomic E-state index is 12.6. The third kappa shape index (κ3) is 4.73. The average molecular weight is 410 g/mol. The highest BCUT2D eigenvalue weighted by Gasteiger charge is 2.34. The summed E-state index contributed by atoms with van der Waals surface area (Å²) in [5, 5.41) is 0. The van der Waals surface area contributed by atoms with Crippen molar-refractivity contribution in [3.8, 4) is 11.4 Å². The number of nitrogen functional groups attached to an aromatic ring is 1. The van der Waals surface area contributed by atoms with Crippen LogP contribution in [-0.4, -0.2) is 57.1 Å². The van der Waals surface area contributed by atoms with E-state index in [9.17, 15) is 4.79 Å². The number of carbonyl (C=O) groups excluding carboxylic acids is 1. The summed E-state index contributed by atoms with van der Waals surface area (Å²) in [7, 11) is 0. The zero-order chi connectivity index (χ0) is 21.3. The van der Waals surface area contributed by atoms with E-state index in [1.807, 2.05) is 56.1 Å². The van der Waals surface area contributed by atoms with Gasteiger partial charge in [-0.1, -0.05) is 0 Å². The van der Waals surface area contributed by atoms with Gasteiger partial charge in [0.1, 0.15) is 5.60 Å². The first kappa shape index (κ1) is 20.6. The minimum absolute atomic E-state index is 0.195. The summed E-state index contributed by atoms with van der Waals surface area (Å²) in [5.41, 5.74) is 9.31. The molecule has 4 rings (SSSR count). The molecule has 1 aromatic carbocycles. The summed E-state index contributed by atoms with van der Waals surface area (Å²) < 4.78 is 5.60. The van der Waals surface area contributed by atoms with Crippen molar-refractivity contribution < 1.29 is 9.53 Å². The van der Waals surface area contributed by atoms with Crippen molar-refractivity contribution in [1.82, 2.24) is 19.8 Å². The third-order valence-corrected chi connectivity index (χ3v) is 5.66. The van der Waals surface area contributed by atoms with Gasteiger partial charge in [0.25, 0.3) is 0 Å². The third-order valence-electron chi connectivity index (χ3n) is 5.66. The number of aromatic nitrogens is 2. The smallest absolute Gasteiger partial charge is 0.410 e. The first-order valence-electron chi connectivity index (χ1n) is 10.7. The van der Waals surface area contributed by atoms with Gasteiger partial charge in [0.15, 0.2) is 5.82 Å². The number of fused-ring (bicyclic) bond motifs is 1. The number of nitrogens with two attached hydrogens (primary N) is 1. The molecule has 2 aliphatic rings. The summed E-state index contributed by atoms with van der Waals surface area (Å²) in [4.78, 5) is 26.2. The van der Waals surface area contributed by atoms with Crippen LogP contribution in [0.3, 0.4) is 0 Å². The van der Waals surface area contributed by atoms with Gasteiger partial charge in [0.2, 0.25) is 0 Å². The summed E-state index contributed by atoms with van der Waals surface area (Å²) in [5.74, 6) is 0.745. The van der Waals surface area contributed by atoms with Crippen LogP contribution in [0.2, 0.25) is 0 Å². The highest BCUT2D eigenvalue weighted by Crippen LogP contribution is 2.25. The van der Waals surface area contributed by atoms with Crippen LogP contribution in [0.1, 0.15) is 44.9 Å². The average Bonchev–Trinajstić information content (AvgIpc) is 3.15. The molecule has 1 atom stereocenters. The molecule has 3 heterocycles. The molecule has 2 aliphatic heterocycles. The van der Waals surface area contributed by atoms with Gasteiger partial charge in [-0.3, -0.25) is 4.90 Å². The predicted molar refractivity (Wildman–Crippen MR) is 117 cm³/mol. The zero-order valence-corrected chi connectivity index (χ0v) is 18.1. The molecule has 2 N–H and O–H groups in total. The van der Waals surface area contributed by atoms with Gasteiger partial charge in [0.05, 0.1) is 5.69 Å². The first-order chi connectivity index (χ1) is 14.3. The van der Waals surface area contributed by atoms with Crippen molar-refractivity contribution in [2.75, 3.05) is 25.4 Å². The zero-order valence-electron chi connectivity index (χ0n) is 18.1. The number of rotatable bonds is 3. The normalized spacial score (nSPS) is 19.6. The fraction of sp³-hybridized carbons (Fsp3) is 0.522. The fourth-order valence-corrected chi connectivity index (χ4v) is 4.19. The fourth-order valence-electron chi connectivity index (χ4n) is 4.19. The van der Waals surface area contributed by atoms with Crippen molar-refractivity contribution >= 4 is 11.8 Å². The monoisotopic (exact) mass is 409 g/mol. The lowest BCUT2D eigenvalue weighted by Crippen LogP contribution is -2.46. The highest BCUT2D eigenvalue weighted by atomic mass is 16.6. The quantitative estimate of drug-likeness (QED) is 0.781. The topological polar surface area (TPSA) is 84.6 Å². The Labute approximate surface area is 178 Å². The Morgan fingerprint density at radius 3 is 2.73 bits per heavy atom. The van der Waals surface area contributed by atoms with Crippen LogP contribution >= 0.6 is 0 Å². The van der Waals surface area contributed by atoms with Gasteiger partial charge in [0, 0.05) is 61.7 Å². The second kappa shape index (κ2) is 8.22. The molecule has 7 nitrogen and oxygen atoms in total. The van der Waals surface area contributed by atoms with E-state index in [0.29, 0.717) is 0 Å². The van der Waals surface area contributed by atoms with Crippen LogP contribution in [0.4, 0.5) is 10.5 Å². The molecule has 1 unspecified atom stereocenters. The van der Waals surface area contributed by atoms with Gasteiger partial charge in [-0.15, -0.1) is 0 Å². The van der Waals surface area contributed by atoms with Gasteiger partial charge in [-0.2, -0.15) is 0 Å². The van der Waals surface area contributed by atoms with Gasteiger partial charge < -0.3 is 15.4 Å². The molecule has 1 aromatic heterocycles. The van der Waals surface area contributed by atoms with Crippen LogP contribution in [0.5, 0.6) is 0 Å². The molecule has 0 bridgehead atoms. The molecule has 7 heteroatoms. The van der Waals surface area contributed by atoms with Crippen molar-refractivity contribution in [2.45, 2.75) is 58.2 Å². The summed E-state index contributed by atoms with van der Waals surface area (Å²) in [6, 6.07) is 7.86. The number of hydrogen-bond donors (Lipinski definition) is 1. The SMILES string of the molecule is CC(C)(C)OC(=O)N1CCCC1CN1CCc2nc(-c3ccc(N)cc3)ncc2C1. The molecule has 0 radical (unpaired) electrons. The molecule has 2 aromatic rings. The van der Waals surface area contributed by atoms with E-state index in [-0.39, 0.29) is 12.1 Å². The van der Waals surface area contributed by atoms with E-state index < -0.39 is 5.60 Å². The largest absolute Gasteiger partial charge is 0.444 e. The molecule has 1 fully saturated rings. The van der Waals surface area contributed by atoms with E-state index in [0.717, 1.165) is 68.2 Å². The second-order valence-corrected chi connectivity index (χ2v) is 9.24. The number of amides is 1. The second-order valence-electron chi connectivity index (χ2n) is 9.24. The maximum atomic E-state index is 12.6. The number of anilines is 1. The minimum Gasteiger partial charge on any atom is -0.444 e. The lowest BCUT2D eigenvalue weighted by Gasteiger charge is -2.34. The highest BCUT2D eigenvalue weighted by molar-refractivity contribution is 5.69. The number of benzene rings is 1. The number of hydrogen-bond acceptors (Lipinski definition) is 6. The Hall–Kier alpha value is -2.67. The molecule has 0 spiro atoms. The Morgan fingerprint density at radius 2 is 2.00 bits per heavy atom. The van der Waals surface area contributed by atoms with E-state index in [4.69, 9.17) is 15.5 Å². The van der Waals surface area contributed by atoms with Crippen molar-refractivity contribution in [1.29, 1.82) is 0 Å². The molecule has 160 valence electrons. The number of nitrogens with zero attached hydrogens (tertiary/aromatic N) is 4. The van der Waals surface area contributed by atoms with Crippen molar-refractivity contribution in [3.63, 3.8) is 0 Å². The molecule has 30 heavy (non-hydrogen) atoms. The number of likely N-dealkylation sites (tertiary alicyclic amines) is 1. The summed E-state index contributed by atoms with van der Waals surface area (Å²) >= 11 is 0. The standard InChI is InChI=1S/C23H31N5O2/c1-23(2,3)30-22(29)28-11-4-5-19(28)15-27-12-10-20-17(14-27)13-25-21(26-20)16-6-8-18(24)9-7-16/h6-9,13,19H,4-5,10-12,14-15,24H2,1-3H3. The van der Waals surface area contributed by atoms with E-state index in [1.165, 1.54) is 5.56 Å². The molecule has 1 amide bonds. The lowest BCUT2D eigenvalue weighted by molar-refractivity contribution is 0.0192. The van der Waals surface area contributed by atoms with E-state index >= 15 is 0 Å². The molecule has 0 saturated carbocycles. The Morgan fingerprint density at radius 1 is 1.23 bits per heavy atom. The predicted octanol–water partition coefficient (Wildman–Crippen LogP) is 3.48. The van der Waals surface area contributed by atoms with Gasteiger partial charge in [-0.05, 0) is 57.9 Å². The molecule has 1 saturated heterocycles. The van der Waals surface area contributed by atoms with E-state index in [2.05, 4.69) is 9.88 Å². The van der Waals surface area contributed by atoms with E-state index in [1.54, 1.807) is 0 Å². The van der Waals surface area contributed by atoms with Gasteiger partial charge >= 0.3 is 6.09 Å². The van der Waals surface area contributed by atoms with Crippen molar-refractivity contribution in [2.24, 2.45) is 0 Å². The maximum Gasteiger partial charge on any atom is 0.410 e. The minimum atomic E-state index is -0.464. The number of carbonyl (C=O) groups is 1. The Bertz CT molecular complexity index is 907. The molecular formula is C23H31N5O2. The Kier molecular flexibility index (Phi) is 5.64. The number of ether oxygens (including phenoxy) is 1. The van der Waals surface area contributed by atoms with Crippen LogP contribution in [0.15, 0.2) is 30.5 Å². The Balaban J connectivity index is 1.41.